The van der Waals surface area contributed by atoms with Gasteiger partial charge in [0.25, 0.3) is 0 Å². The molecule has 1 aliphatic carbocycles. The van der Waals surface area contributed by atoms with E-state index in [2.05, 4.69) is 17.6 Å². The highest BCUT2D eigenvalue weighted by Crippen LogP contribution is 2.33. The Morgan fingerprint density at radius 3 is 2.95 bits per heavy atom. The SMILES string of the molecule is CC1CCCC(Nc2cc3c(cc2N)CCC(=O)N3)C1. The number of nitrogens with one attached hydrogen (secondary N) is 2. The van der Waals surface area contributed by atoms with Crippen molar-refractivity contribution in [1.82, 2.24) is 0 Å². The summed E-state index contributed by atoms with van der Waals surface area (Å²) in [4.78, 5) is 11.5. The second-order valence-electron chi connectivity index (χ2n) is 6.26. The molecular weight excluding hydrogens is 250 g/mol. The molecule has 0 aromatic heterocycles. The molecule has 1 aromatic rings. The number of aryl methyl sites for hydroxylation is 1. The maximum atomic E-state index is 11.5. The molecule has 0 spiro atoms. The van der Waals surface area contributed by atoms with Crippen LogP contribution in [0.4, 0.5) is 17.1 Å². The molecule has 0 bridgehead atoms. The molecule has 2 unspecified atom stereocenters. The quantitative estimate of drug-likeness (QED) is 0.725. The molecule has 108 valence electrons. The number of hydrogen-bond acceptors (Lipinski definition) is 3. The fraction of sp³-hybridized carbons (Fsp3) is 0.562. The number of nitrogens with two attached hydrogens (primary N) is 1. The van der Waals surface area contributed by atoms with Gasteiger partial charge in [0.05, 0.1) is 11.4 Å². The van der Waals surface area contributed by atoms with E-state index in [1.165, 1.54) is 25.7 Å². The van der Waals surface area contributed by atoms with Crippen LogP contribution in [-0.4, -0.2) is 11.9 Å². The zero-order valence-electron chi connectivity index (χ0n) is 12.0. The van der Waals surface area contributed by atoms with Crippen LogP contribution < -0.4 is 16.4 Å². The molecule has 4 heteroatoms. The molecule has 1 saturated carbocycles. The number of benzene rings is 1. The van der Waals surface area contributed by atoms with E-state index >= 15 is 0 Å². The van der Waals surface area contributed by atoms with Crippen LogP contribution in [0, 0.1) is 5.92 Å². The summed E-state index contributed by atoms with van der Waals surface area (Å²) in [6, 6.07) is 4.50. The lowest BCUT2D eigenvalue weighted by Gasteiger charge is -2.29. The third-order valence-corrected chi connectivity index (χ3v) is 4.47. The van der Waals surface area contributed by atoms with Gasteiger partial charge in [0, 0.05) is 18.2 Å². The molecule has 2 aliphatic rings. The van der Waals surface area contributed by atoms with Gasteiger partial charge in [0.15, 0.2) is 0 Å². The Balaban J connectivity index is 1.79. The summed E-state index contributed by atoms with van der Waals surface area (Å²) >= 11 is 0. The molecule has 1 aromatic carbocycles. The first kappa shape index (κ1) is 13.3. The molecule has 3 rings (SSSR count). The van der Waals surface area contributed by atoms with Crippen molar-refractivity contribution < 1.29 is 4.79 Å². The molecule has 1 amide bonds. The van der Waals surface area contributed by atoms with E-state index in [4.69, 9.17) is 5.73 Å². The van der Waals surface area contributed by atoms with Crippen LogP contribution in [-0.2, 0) is 11.2 Å². The van der Waals surface area contributed by atoms with Crippen molar-refractivity contribution in [1.29, 1.82) is 0 Å². The van der Waals surface area contributed by atoms with Crippen molar-refractivity contribution >= 4 is 23.0 Å². The lowest BCUT2D eigenvalue weighted by molar-refractivity contribution is -0.116. The smallest absolute Gasteiger partial charge is 0.224 e. The van der Waals surface area contributed by atoms with Gasteiger partial charge in [-0.05, 0) is 42.9 Å². The number of anilines is 3. The van der Waals surface area contributed by atoms with Crippen LogP contribution in [0.2, 0.25) is 0 Å². The van der Waals surface area contributed by atoms with E-state index in [9.17, 15) is 4.79 Å². The fourth-order valence-electron chi connectivity index (χ4n) is 3.36. The summed E-state index contributed by atoms with van der Waals surface area (Å²) in [5.41, 5.74) is 9.97. The van der Waals surface area contributed by atoms with Crippen molar-refractivity contribution in [2.75, 3.05) is 16.4 Å². The van der Waals surface area contributed by atoms with Gasteiger partial charge in [-0.15, -0.1) is 0 Å². The molecule has 0 radical (unpaired) electrons. The molecule has 4 N–H and O–H groups in total. The Bertz CT molecular complexity index is 527. The molecular formula is C16H23N3O. The fourth-order valence-corrected chi connectivity index (χ4v) is 3.36. The summed E-state index contributed by atoms with van der Waals surface area (Å²) in [6.45, 7) is 2.31. The Morgan fingerprint density at radius 1 is 1.30 bits per heavy atom. The van der Waals surface area contributed by atoms with Gasteiger partial charge < -0.3 is 16.4 Å². The minimum atomic E-state index is 0.0968. The van der Waals surface area contributed by atoms with Crippen LogP contribution in [0.25, 0.3) is 0 Å². The highest BCUT2D eigenvalue weighted by Gasteiger charge is 2.21. The average molecular weight is 273 g/mol. The van der Waals surface area contributed by atoms with Crippen LogP contribution in [0.15, 0.2) is 12.1 Å². The lowest BCUT2D eigenvalue weighted by Crippen LogP contribution is -2.27. The first-order valence-corrected chi connectivity index (χ1v) is 7.60. The minimum absolute atomic E-state index is 0.0968. The van der Waals surface area contributed by atoms with Crippen LogP contribution in [0.5, 0.6) is 0 Å². The zero-order valence-corrected chi connectivity index (χ0v) is 12.0. The highest BCUT2D eigenvalue weighted by molar-refractivity contribution is 5.95. The predicted octanol–water partition coefficient (Wildman–Crippen LogP) is 3.14. The lowest BCUT2D eigenvalue weighted by atomic mass is 9.87. The molecule has 4 nitrogen and oxygen atoms in total. The number of hydrogen-bond donors (Lipinski definition) is 3. The van der Waals surface area contributed by atoms with Gasteiger partial charge in [0.2, 0.25) is 5.91 Å². The second-order valence-corrected chi connectivity index (χ2v) is 6.26. The Hall–Kier alpha value is -1.71. The van der Waals surface area contributed by atoms with Gasteiger partial charge >= 0.3 is 0 Å². The molecule has 1 fully saturated rings. The molecule has 1 aliphatic heterocycles. The number of rotatable bonds is 2. The maximum absolute atomic E-state index is 11.5. The topological polar surface area (TPSA) is 67.1 Å². The van der Waals surface area contributed by atoms with E-state index in [0.29, 0.717) is 12.5 Å². The number of fused-ring (bicyclic) bond motifs is 1. The van der Waals surface area contributed by atoms with E-state index in [1.54, 1.807) is 0 Å². The first-order chi connectivity index (χ1) is 9.61. The maximum Gasteiger partial charge on any atom is 0.224 e. The van der Waals surface area contributed by atoms with Gasteiger partial charge in [-0.3, -0.25) is 4.79 Å². The summed E-state index contributed by atoms with van der Waals surface area (Å²) in [6.07, 6.45) is 6.34. The monoisotopic (exact) mass is 273 g/mol. The highest BCUT2D eigenvalue weighted by atomic mass is 16.1. The number of nitrogen functional groups attached to an aromatic ring is 1. The van der Waals surface area contributed by atoms with Crippen molar-refractivity contribution in [2.24, 2.45) is 5.92 Å². The van der Waals surface area contributed by atoms with Gasteiger partial charge in [-0.1, -0.05) is 19.8 Å². The van der Waals surface area contributed by atoms with Crippen LogP contribution in [0.3, 0.4) is 0 Å². The molecule has 1 heterocycles. The average Bonchev–Trinajstić information content (AvgIpc) is 2.40. The summed E-state index contributed by atoms with van der Waals surface area (Å²) in [5.74, 6) is 0.874. The normalized spacial score (nSPS) is 25.8. The Labute approximate surface area is 120 Å². The molecule has 20 heavy (non-hydrogen) atoms. The molecule has 0 saturated heterocycles. The third-order valence-electron chi connectivity index (χ3n) is 4.47. The zero-order chi connectivity index (χ0) is 14.1. The number of carbonyl (C=O) groups excluding carboxylic acids is 1. The van der Waals surface area contributed by atoms with Gasteiger partial charge in [-0.25, -0.2) is 0 Å². The minimum Gasteiger partial charge on any atom is -0.397 e. The number of carbonyl (C=O) groups is 1. The van der Waals surface area contributed by atoms with Gasteiger partial charge in [-0.2, -0.15) is 0 Å². The standard InChI is InChI=1S/C16H23N3O/c1-10-3-2-4-12(7-10)18-15-9-14-11(8-13(15)17)5-6-16(20)19-14/h8-10,12,18H,2-7,17H2,1H3,(H,19,20). The predicted molar refractivity (Wildman–Crippen MR) is 82.8 cm³/mol. The van der Waals surface area contributed by atoms with Crippen molar-refractivity contribution in [2.45, 2.75) is 51.5 Å². The van der Waals surface area contributed by atoms with E-state index in [1.807, 2.05) is 12.1 Å². The summed E-state index contributed by atoms with van der Waals surface area (Å²) in [5, 5.41) is 6.51. The summed E-state index contributed by atoms with van der Waals surface area (Å²) < 4.78 is 0. The van der Waals surface area contributed by atoms with Crippen molar-refractivity contribution in [3.8, 4) is 0 Å². The van der Waals surface area contributed by atoms with E-state index < -0.39 is 0 Å². The molecule has 2 atom stereocenters. The van der Waals surface area contributed by atoms with E-state index in [-0.39, 0.29) is 5.91 Å². The third kappa shape index (κ3) is 2.74. The first-order valence-electron chi connectivity index (χ1n) is 7.60. The Kier molecular flexibility index (Phi) is 3.55. The van der Waals surface area contributed by atoms with Crippen LogP contribution in [0.1, 0.15) is 44.6 Å². The van der Waals surface area contributed by atoms with Crippen molar-refractivity contribution in [3.63, 3.8) is 0 Å². The van der Waals surface area contributed by atoms with Gasteiger partial charge in [0.1, 0.15) is 0 Å². The van der Waals surface area contributed by atoms with Crippen LogP contribution >= 0.6 is 0 Å². The largest absolute Gasteiger partial charge is 0.397 e. The summed E-state index contributed by atoms with van der Waals surface area (Å²) in [7, 11) is 0. The number of amides is 1. The second kappa shape index (κ2) is 5.35. The Morgan fingerprint density at radius 2 is 2.15 bits per heavy atom. The van der Waals surface area contributed by atoms with E-state index in [0.717, 1.165) is 35.0 Å². The van der Waals surface area contributed by atoms with Crippen molar-refractivity contribution in [3.05, 3.63) is 17.7 Å².